The molecule has 6 heteroatoms. The van der Waals surface area contributed by atoms with Crippen molar-refractivity contribution < 1.29 is 4.52 Å². The third-order valence-corrected chi connectivity index (χ3v) is 5.03. The molecular weight excluding hydrogens is 290 g/mol. The summed E-state index contributed by atoms with van der Waals surface area (Å²) in [5.74, 6) is 2.54. The molecular formula is C17H23N5O. The van der Waals surface area contributed by atoms with Crippen LogP contribution in [0, 0.1) is 11.8 Å². The Bertz CT molecular complexity index is 647. The molecule has 0 amide bonds. The van der Waals surface area contributed by atoms with Crippen molar-refractivity contribution in [3.8, 4) is 11.5 Å². The van der Waals surface area contributed by atoms with Crippen LogP contribution in [0.3, 0.4) is 0 Å². The van der Waals surface area contributed by atoms with Crippen LogP contribution in [-0.2, 0) is 6.42 Å². The van der Waals surface area contributed by atoms with Crippen molar-refractivity contribution >= 4 is 5.69 Å². The van der Waals surface area contributed by atoms with Gasteiger partial charge in [-0.3, -0.25) is 4.98 Å². The number of hydrogen-bond donors (Lipinski definition) is 1. The van der Waals surface area contributed by atoms with Crippen LogP contribution in [0.5, 0.6) is 0 Å². The van der Waals surface area contributed by atoms with Gasteiger partial charge in [-0.15, -0.1) is 0 Å². The van der Waals surface area contributed by atoms with Crippen LogP contribution in [0.1, 0.15) is 25.7 Å². The van der Waals surface area contributed by atoms with Crippen LogP contribution < -0.4 is 10.2 Å². The molecule has 0 radical (unpaired) electrons. The maximum atomic E-state index is 5.42. The van der Waals surface area contributed by atoms with Crippen LogP contribution in [0.2, 0.25) is 0 Å². The predicted molar refractivity (Wildman–Crippen MR) is 88.2 cm³/mol. The van der Waals surface area contributed by atoms with Crippen LogP contribution in [0.25, 0.3) is 11.5 Å². The average Bonchev–Trinajstić information content (AvgIpc) is 3.31. The third-order valence-electron chi connectivity index (χ3n) is 5.03. The normalized spacial score (nSPS) is 24.5. The van der Waals surface area contributed by atoms with E-state index in [9.17, 15) is 0 Å². The topological polar surface area (TPSA) is 67.1 Å². The zero-order valence-electron chi connectivity index (χ0n) is 13.5. The van der Waals surface area contributed by atoms with Crippen molar-refractivity contribution in [3.05, 3.63) is 24.2 Å². The molecule has 4 heterocycles. The van der Waals surface area contributed by atoms with Gasteiger partial charge in [-0.1, -0.05) is 12.1 Å². The molecule has 1 N–H and O–H groups in total. The highest BCUT2D eigenvalue weighted by molar-refractivity contribution is 5.54. The molecule has 0 unspecified atom stereocenters. The monoisotopic (exact) mass is 313 g/mol. The van der Waals surface area contributed by atoms with Gasteiger partial charge < -0.3 is 14.7 Å². The maximum absolute atomic E-state index is 5.42. The van der Waals surface area contributed by atoms with Gasteiger partial charge in [-0.25, -0.2) is 0 Å². The second kappa shape index (κ2) is 6.28. The van der Waals surface area contributed by atoms with E-state index in [0.29, 0.717) is 23.6 Å². The van der Waals surface area contributed by atoms with Gasteiger partial charge in [0, 0.05) is 19.5 Å². The van der Waals surface area contributed by atoms with Crippen molar-refractivity contribution in [1.82, 2.24) is 20.4 Å². The molecule has 0 bridgehead atoms. The van der Waals surface area contributed by atoms with Crippen LogP contribution in [-0.4, -0.2) is 41.3 Å². The number of aromatic nitrogens is 3. The number of hydrogen-bond acceptors (Lipinski definition) is 6. The Labute approximate surface area is 136 Å². The third kappa shape index (κ3) is 3.08. The van der Waals surface area contributed by atoms with E-state index in [4.69, 9.17) is 4.52 Å². The fraction of sp³-hybridized carbons (Fsp3) is 0.588. The highest BCUT2D eigenvalue weighted by atomic mass is 16.5. The van der Waals surface area contributed by atoms with E-state index >= 15 is 0 Å². The van der Waals surface area contributed by atoms with Gasteiger partial charge in [0.25, 0.3) is 0 Å². The van der Waals surface area contributed by atoms with Crippen molar-refractivity contribution in [3.63, 3.8) is 0 Å². The summed E-state index contributed by atoms with van der Waals surface area (Å²) >= 11 is 0. The van der Waals surface area contributed by atoms with Crippen molar-refractivity contribution in [2.24, 2.45) is 11.8 Å². The van der Waals surface area contributed by atoms with Crippen LogP contribution >= 0.6 is 0 Å². The highest BCUT2D eigenvalue weighted by Gasteiger charge is 2.25. The van der Waals surface area contributed by atoms with E-state index < -0.39 is 0 Å². The molecule has 2 aromatic rings. The molecule has 122 valence electrons. The Morgan fingerprint density at radius 1 is 1.26 bits per heavy atom. The summed E-state index contributed by atoms with van der Waals surface area (Å²) in [4.78, 5) is 11.4. The lowest BCUT2D eigenvalue weighted by molar-refractivity contribution is 0.337. The maximum Gasteiger partial charge on any atom is 0.227 e. The van der Waals surface area contributed by atoms with Crippen LogP contribution in [0.15, 0.2) is 22.9 Å². The molecule has 2 saturated heterocycles. The minimum atomic E-state index is 0.578. The van der Waals surface area contributed by atoms with E-state index in [2.05, 4.69) is 38.3 Å². The number of pyridine rings is 1. The van der Waals surface area contributed by atoms with E-state index in [1.54, 1.807) is 0 Å². The van der Waals surface area contributed by atoms with E-state index in [1.807, 2.05) is 12.3 Å². The fourth-order valence-corrected chi connectivity index (χ4v) is 3.48. The Balaban J connectivity index is 1.45. The van der Waals surface area contributed by atoms with Gasteiger partial charge in [0.15, 0.2) is 0 Å². The minimum Gasteiger partial charge on any atom is -0.370 e. The van der Waals surface area contributed by atoms with Crippen molar-refractivity contribution in [2.75, 3.05) is 31.1 Å². The Morgan fingerprint density at radius 3 is 2.83 bits per heavy atom. The van der Waals surface area contributed by atoms with Gasteiger partial charge in [0.1, 0.15) is 5.69 Å². The number of rotatable bonds is 4. The first-order valence-corrected chi connectivity index (χ1v) is 8.54. The van der Waals surface area contributed by atoms with E-state index in [-0.39, 0.29) is 0 Å². The smallest absolute Gasteiger partial charge is 0.227 e. The quantitative estimate of drug-likeness (QED) is 0.933. The first-order chi connectivity index (χ1) is 11.3. The largest absolute Gasteiger partial charge is 0.370 e. The Morgan fingerprint density at radius 2 is 2.13 bits per heavy atom. The molecule has 0 aromatic carbocycles. The van der Waals surface area contributed by atoms with Gasteiger partial charge in [0.05, 0.1) is 11.9 Å². The lowest BCUT2D eigenvalue weighted by Crippen LogP contribution is -2.17. The zero-order chi connectivity index (χ0) is 15.6. The SMILES string of the molecule is C[C@H]1CNC[C@@H]1Cc1nc(-c2ccc(N3CCCC3)cn2)no1. The highest BCUT2D eigenvalue weighted by Crippen LogP contribution is 2.23. The summed E-state index contributed by atoms with van der Waals surface area (Å²) in [6.07, 6.45) is 5.29. The number of anilines is 1. The lowest BCUT2D eigenvalue weighted by Gasteiger charge is -2.16. The van der Waals surface area contributed by atoms with Crippen molar-refractivity contribution in [2.45, 2.75) is 26.2 Å². The lowest BCUT2D eigenvalue weighted by atomic mass is 9.95. The van der Waals surface area contributed by atoms with Gasteiger partial charge >= 0.3 is 0 Å². The second-order valence-corrected chi connectivity index (χ2v) is 6.71. The summed E-state index contributed by atoms with van der Waals surface area (Å²) in [5.41, 5.74) is 1.96. The second-order valence-electron chi connectivity index (χ2n) is 6.71. The zero-order valence-corrected chi connectivity index (χ0v) is 13.5. The fourth-order valence-electron chi connectivity index (χ4n) is 3.48. The van der Waals surface area contributed by atoms with Crippen molar-refractivity contribution in [1.29, 1.82) is 0 Å². The first kappa shape index (κ1) is 14.6. The summed E-state index contributed by atoms with van der Waals surface area (Å²) in [7, 11) is 0. The van der Waals surface area contributed by atoms with Gasteiger partial charge in [-0.05, 0) is 49.9 Å². The van der Waals surface area contributed by atoms with Gasteiger partial charge in [-0.2, -0.15) is 4.98 Å². The minimum absolute atomic E-state index is 0.578. The molecule has 6 nitrogen and oxygen atoms in total. The predicted octanol–water partition coefficient (Wildman–Crippen LogP) is 2.13. The number of nitrogens with zero attached hydrogens (tertiary/aromatic N) is 4. The summed E-state index contributed by atoms with van der Waals surface area (Å²) < 4.78 is 5.42. The molecule has 0 spiro atoms. The first-order valence-electron chi connectivity index (χ1n) is 8.54. The molecule has 2 fully saturated rings. The molecule has 2 aromatic heterocycles. The summed E-state index contributed by atoms with van der Waals surface area (Å²) in [5, 5.41) is 7.50. The molecule has 23 heavy (non-hydrogen) atoms. The molecule has 2 aliphatic heterocycles. The standard InChI is InChI=1S/C17H23N5O/c1-12-9-18-10-13(12)8-16-20-17(21-23-16)15-5-4-14(11-19-15)22-6-2-3-7-22/h4-5,11-13,18H,2-3,6-10H2,1H3/t12-,13-/m0/s1. The molecule has 0 saturated carbocycles. The molecule has 4 rings (SSSR count). The van der Waals surface area contributed by atoms with Gasteiger partial charge in [0.2, 0.25) is 11.7 Å². The number of nitrogens with one attached hydrogen (secondary N) is 1. The molecule has 0 aliphatic carbocycles. The van der Waals surface area contributed by atoms with E-state index in [0.717, 1.165) is 38.3 Å². The van der Waals surface area contributed by atoms with Crippen LogP contribution in [0.4, 0.5) is 5.69 Å². The summed E-state index contributed by atoms with van der Waals surface area (Å²) in [6, 6.07) is 4.09. The Kier molecular flexibility index (Phi) is 3.99. The molecule has 2 aliphatic rings. The van der Waals surface area contributed by atoms with E-state index in [1.165, 1.54) is 18.5 Å². The average molecular weight is 313 g/mol. The summed E-state index contributed by atoms with van der Waals surface area (Å²) in [6.45, 7) is 6.62. The Hall–Kier alpha value is -1.95. The molecule has 2 atom stereocenters.